The summed E-state index contributed by atoms with van der Waals surface area (Å²) in [5.74, 6) is 0.925. The number of amides is 1. The molecule has 0 aliphatic heterocycles. The van der Waals surface area contributed by atoms with Crippen LogP contribution in [0.3, 0.4) is 0 Å². The van der Waals surface area contributed by atoms with Gasteiger partial charge >= 0.3 is 0 Å². The molecule has 2 N–H and O–H groups in total. The van der Waals surface area contributed by atoms with Crippen molar-refractivity contribution in [2.45, 2.75) is 44.6 Å². The zero-order valence-electron chi connectivity index (χ0n) is 15.5. The van der Waals surface area contributed by atoms with Crippen molar-refractivity contribution >= 4 is 5.91 Å². The smallest absolute Gasteiger partial charge is 0.258 e. The number of fused-ring (bicyclic) bond motifs is 1. The Balaban J connectivity index is 1.47. The van der Waals surface area contributed by atoms with Gasteiger partial charge in [-0.2, -0.15) is 0 Å². The fourth-order valence-corrected chi connectivity index (χ4v) is 3.35. The van der Waals surface area contributed by atoms with Gasteiger partial charge in [-0.05, 0) is 47.6 Å². The molecule has 0 bridgehead atoms. The van der Waals surface area contributed by atoms with Gasteiger partial charge in [0.2, 0.25) is 0 Å². The first-order chi connectivity index (χ1) is 12.5. The number of aliphatic hydroxyl groups is 1. The number of benzene rings is 2. The Morgan fingerprint density at radius 2 is 1.85 bits per heavy atom. The van der Waals surface area contributed by atoms with Gasteiger partial charge in [-0.15, -0.1) is 0 Å². The van der Waals surface area contributed by atoms with Crippen LogP contribution in [0.4, 0.5) is 0 Å². The molecule has 1 unspecified atom stereocenters. The van der Waals surface area contributed by atoms with E-state index in [1.807, 2.05) is 42.5 Å². The Labute approximate surface area is 155 Å². The SMILES string of the molecule is CC(C)c1ccc(OCC(=O)NCC2(O)CCc3ccccc3C2)cc1. The van der Waals surface area contributed by atoms with Gasteiger partial charge in [0.1, 0.15) is 5.75 Å². The molecular weight excluding hydrogens is 326 g/mol. The first-order valence-electron chi connectivity index (χ1n) is 9.24. The largest absolute Gasteiger partial charge is 0.484 e. The van der Waals surface area contributed by atoms with E-state index in [0.717, 1.165) is 12.0 Å². The fourth-order valence-electron chi connectivity index (χ4n) is 3.35. The number of aryl methyl sites for hydroxylation is 1. The number of nitrogens with one attached hydrogen (secondary N) is 1. The van der Waals surface area contributed by atoms with E-state index < -0.39 is 5.60 Å². The molecule has 4 heteroatoms. The van der Waals surface area contributed by atoms with Crippen LogP contribution in [0.25, 0.3) is 0 Å². The Kier molecular flexibility index (Phi) is 5.62. The van der Waals surface area contributed by atoms with E-state index in [4.69, 9.17) is 4.74 Å². The standard InChI is InChI=1S/C22H27NO3/c1-16(2)17-7-9-20(10-8-17)26-14-21(24)23-15-22(25)12-11-18-5-3-4-6-19(18)13-22/h3-10,16,25H,11-15H2,1-2H3,(H,23,24). The molecule has 1 aliphatic rings. The highest BCUT2D eigenvalue weighted by Crippen LogP contribution is 2.28. The van der Waals surface area contributed by atoms with Crippen LogP contribution < -0.4 is 10.1 Å². The van der Waals surface area contributed by atoms with Crippen molar-refractivity contribution in [3.8, 4) is 5.75 Å². The quantitative estimate of drug-likeness (QED) is 0.838. The van der Waals surface area contributed by atoms with Gasteiger partial charge in [-0.1, -0.05) is 50.2 Å². The highest BCUT2D eigenvalue weighted by molar-refractivity contribution is 5.77. The molecule has 0 fully saturated rings. The second kappa shape index (κ2) is 7.92. The minimum Gasteiger partial charge on any atom is -0.484 e. The summed E-state index contributed by atoms with van der Waals surface area (Å²) in [6.45, 7) is 4.47. The molecule has 0 heterocycles. The van der Waals surface area contributed by atoms with Crippen LogP contribution in [0, 0.1) is 0 Å². The van der Waals surface area contributed by atoms with Crippen molar-refractivity contribution in [3.63, 3.8) is 0 Å². The first kappa shape index (κ1) is 18.5. The predicted molar refractivity (Wildman–Crippen MR) is 102 cm³/mol. The second-order valence-corrected chi connectivity index (χ2v) is 7.46. The number of hydrogen-bond donors (Lipinski definition) is 2. The van der Waals surface area contributed by atoms with E-state index in [-0.39, 0.29) is 19.1 Å². The van der Waals surface area contributed by atoms with E-state index >= 15 is 0 Å². The maximum Gasteiger partial charge on any atom is 0.258 e. The summed E-state index contributed by atoms with van der Waals surface area (Å²) < 4.78 is 5.54. The Morgan fingerprint density at radius 1 is 1.15 bits per heavy atom. The van der Waals surface area contributed by atoms with Crippen molar-refractivity contribution in [3.05, 3.63) is 65.2 Å². The summed E-state index contributed by atoms with van der Waals surface area (Å²) in [5, 5.41) is 13.6. The molecule has 1 aliphatic carbocycles. The van der Waals surface area contributed by atoms with Gasteiger partial charge in [0.25, 0.3) is 5.91 Å². The Hall–Kier alpha value is -2.33. The van der Waals surface area contributed by atoms with Gasteiger partial charge < -0.3 is 15.2 Å². The van der Waals surface area contributed by atoms with Crippen LogP contribution in [0.15, 0.2) is 48.5 Å². The molecule has 138 valence electrons. The first-order valence-corrected chi connectivity index (χ1v) is 9.24. The molecule has 1 amide bonds. The number of carbonyl (C=O) groups excluding carboxylic acids is 1. The Bertz CT molecular complexity index is 754. The van der Waals surface area contributed by atoms with Crippen LogP contribution in [0.1, 0.15) is 42.9 Å². The average Bonchev–Trinajstić information content (AvgIpc) is 2.65. The van der Waals surface area contributed by atoms with E-state index in [2.05, 4.69) is 25.2 Å². The maximum absolute atomic E-state index is 12.1. The molecular formula is C22H27NO3. The highest BCUT2D eigenvalue weighted by Gasteiger charge is 2.32. The minimum atomic E-state index is -0.886. The predicted octanol–water partition coefficient (Wildman–Crippen LogP) is 3.23. The second-order valence-electron chi connectivity index (χ2n) is 7.46. The van der Waals surface area contributed by atoms with Gasteiger partial charge in [0, 0.05) is 13.0 Å². The number of ether oxygens (including phenoxy) is 1. The van der Waals surface area contributed by atoms with Gasteiger partial charge in [-0.3, -0.25) is 4.79 Å². The fraction of sp³-hybridized carbons (Fsp3) is 0.409. The summed E-state index contributed by atoms with van der Waals surface area (Å²) in [7, 11) is 0. The topological polar surface area (TPSA) is 58.6 Å². The van der Waals surface area contributed by atoms with Crippen molar-refractivity contribution in [2.75, 3.05) is 13.2 Å². The lowest BCUT2D eigenvalue weighted by Crippen LogP contribution is -2.47. The zero-order valence-corrected chi connectivity index (χ0v) is 15.5. The molecule has 26 heavy (non-hydrogen) atoms. The zero-order chi connectivity index (χ0) is 18.6. The van der Waals surface area contributed by atoms with Crippen LogP contribution in [0.2, 0.25) is 0 Å². The normalized spacial score (nSPS) is 19.1. The third-order valence-corrected chi connectivity index (χ3v) is 5.03. The lowest BCUT2D eigenvalue weighted by Gasteiger charge is -2.33. The maximum atomic E-state index is 12.1. The molecule has 0 saturated heterocycles. The highest BCUT2D eigenvalue weighted by atomic mass is 16.5. The Morgan fingerprint density at radius 3 is 2.54 bits per heavy atom. The van der Waals surface area contributed by atoms with E-state index in [9.17, 15) is 9.90 Å². The molecule has 0 spiro atoms. The van der Waals surface area contributed by atoms with Crippen molar-refractivity contribution < 1.29 is 14.6 Å². The van der Waals surface area contributed by atoms with Crippen molar-refractivity contribution in [2.24, 2.45) is 0 Å². The summed E-state index contributed by atoms with van der Waals surface area (Å²) >= 11 is 0. The molecule has 3 rings (SSSR count). The minimum absolute atomic E-state index is 0.0479. The lowest BCUT2D eigenvalue weighted by molar-refractivity contribution is -0.124. The average molecular weight is 353 g/mol. The van der Waals surface area contributed by atoms with Crippen LogP contribution in [0.5, 0.6) is 5.75 Å². The van der Waals surface area contributed by atoms with E-state index in [1.54, 1.807) is 0 Å². The molecule has 2 aromatic rings. The molecule has 0 aromatic heterocycles. The summed E-state index contributed by atoms with van der Waals surface area (Å²) in [6, 6.07) is 16.0. The van der Waals surface area contributed by atoms with E-state index in [1.165, 1.54) is 11.1 Å². The third kappa shape index (κ3) is 4.64. The van der Waals surface area contributed by atoms with Crippen LogP contribution >= 0.6 is 0 Å². The number of rotatable bonds is 6. The molecule has 0 saturated carbocycles. The third-order valence-electron chi connectivity index (χ3n) is 5.03. The number of carbonyl (C=O) groups is 1. The van der Waals surface area contributed by atoms with Crippen molar-refractivity contribution in [1.29, 1.82) is 0 Å². The van der Waals surface area contributed by atoms with Gasteiger partial charge in [0.05, 0.1) is 5.60 Å². The number of hydrogen-bond acceptors (Lipinski definition) is 3. The summed E-state index contributed by atoms with van der Waals surface area (Å²) in [6.07, 6.45) is 2.06. The lowest BCUT2D eigenvalue weighted by atomic mass is 9.80. The summed E-state index contributed by atoms with van der Waals surface area (Å²) in [4.78, 5) is 12.1. The summed E-state index contributed by atoms with van der Waals surface area (Å²) in [5.41, 5.74) is 2.80. The van der Waals surface area contributed by atoms with Crippen molar-refractivity contribution in [1.82, 2.24) is 5.32 Å². The monoisotopic (exact) mass is 353 g/mol. The van der Waals surface area contributed by atoms with E-state index in [0.29, 0.717) is 24.5 Å². The van der Waals surface area contributed by atoms with Crippen LogP contribution in [-0.4, -0.2) is 29.8 Å². The molecule has 2 aromatic carbocycles. The molecule has 0 radical (unpaired) electrons. The molecule has 1 atom stereocenters. The van der Waals surface area contributed by atoms with Gasteiger partial charge in [0.15, 0.2) is 6.61 Å². The van der Waals surface area contributed by atoms with Gasteiger partial charge in [-0.25, -0.2) is 0 Å². The molecule has 4 nitrogen and oxygen atoms in total. The van der Waals surface area contributed by atoms with Crippen LogP contribution in [-0.2, 0) is 17.6 Å².